The van der Waals surface area contributed by atoms with Crippen molar-refractivity contribution in [2.75, 3.05) is 0 Å². The van der Waals surface area contributed by atoms with Crippen LogP contribution < -0.4 is 0 Å². The lowest BCUT2D eigenvalue weighted by atomic mass is 10.0. The number of aryl methyl sites for hydroxylation is 1. The Morgan fingerprint density at radius 2 is 1.68 bits per heavy atom. The summed E-state index contributed by atoms with van der Waals surface area (Å²) in [6.45, 7) is 0. The molecule has 0 fully saturated rings. The van der Waals surface area contributed by atoms with Crippen molar-refractivity contribution in [3.05, 3.63) is 54.2 Å². The minimum Gasteiger partial charge on any atom is -0.251 e. The Morgan fingerprint density at radius 1 is 0.955 bits per heavy atom. The molecule has 5 nitrogen and oxygen atoms in total. The van der Waals surface area contributed by atoms with E-state index >= 15 is 0 Å². The highest BCUT2D eigenvalue weighted by molar-refractivity contribution is 7.98. The molecule has 0 bridgehead atoms. The van der Waals surface area contributed by atoms with Crippen molar-refractivity contribution in [3.63, 3.8) is 0 Å². The summed E-state index contributed by atoms with van der Waals surface area (Å²) in [5.74, 6) is 0.736. The van der Waals surface area contributed by atoms with Crippen LogP contribution in [0.15, 0.2) is 53.7 Å². The zero-order valence-corrected chi connectivity index (χ0v) is 12.8. The average molecular weight is 307 g/mol. The lowest BCUT2D eigenvalue weighted by molar-refractivity contribution is 0.664. The number of tetrazole rings is 1. The number of rotatable bonds is 3. The summed E-state index contributed by atoms with van der Waals surface area (Å²) in [7, 11) is 1.84. The SMILES string of the molecule is Cn1nnnc1SCc1nc2ccccc2c2ccccc12. The van der Waals surface area contributed by atoms with E-state index in [1.54, 1.807) is 16.4 Å². The molecule has 0 saturated carbocycles. The number of aromatic nitrogens is 5. The molecular formula is C16H13N5S. The van der Waals surface area contributed by atoms with Gasteiger partial charge in [0.15, 0.2) is 0 Å². The maximum absolute atomic E-state index is 4.83. The predicted octanol–water partition coefficient (Wildman–Crippen LogP) is 3.20. The zero-order chi connectivity index (χ0) is 14.9. The molecule has 22 heavy (non-hydrogen) atoms. The zero-order valence-electron chi connectivity index (χ0n) is 12.0. The van der Waals surface area contributed by atoms with E-state index in [0.29, 0.717) is 0 Å². The number of benzene rings is 2. The Morgan fingerprint density at radius 3 is 2.45 bits per heavy atom. The van der Waals surface area contributed by atoms with Gasteiger partial charge in [-0.2, -0.15) is 0 Å². The first-order chi connectivity index (χ1) is 10.8. The van der Waals surface area contributed by atoms with E-state index in [2.05, 4.69) is 58.0 Å². The summed E-state index contributed by atoms with van der Waals surface area (Å²) in [6, 6.07) is 16.6. The molecule has 4 rings (SSSR count). The highest BCUT2D eigenvalue weighted by atomic mass is 32.2. The number of hydrogen-bond donors (Lipinski definition) is 0. The van der Waals surface area contributed by atoms with Crippen LogP contribution in [-0.4, -0.2) is 25.2 Å². The fourth-order valence-corrected chi connectivity index (χ4v) is 3.36. The van der Waals surface area contributed by atoms with E-state index in [4.69, 9.17) is 4.98 Å². The highest BCUT2D eigenvalue weighted by Gasteiger charge is 2.10. The number of pyridine rings is 1. The van der Waals surface area contributed by atoms with Crippen LogP contribution in [0.2, 0.25) is 0 Å². The largest absolute Gasteiger partial charge is 0.251 e. The predicted molar refractivity (Wildman–Crippen MR) is 87.6 cm³/mol. The number of thioether (sulfide) groups is 1. The lowest BCUT2D eigenvalue weighted by Crippen LogP contribution is -1.96. The van der Waals surface area contributed by atoms with Gasteiger partial charge in [0.2, 0.25) is 5.16 Å². The second-order valence-corrected chi connectivity index (χ2v) is 5.94. The molecule has 0 aliphatic carbocycles. The van der Waals surface area contributed by atoms with Gasteiger partial charge in [-0.15, -0.1) is 5.10 Å². The maximum Gasteiger partial charge on any atom is 0.209 e. The second kappa shape index (κ2) is 5.38. The van der Waals surface area contributed by atoms with Gasteiger partial charge in [-0.3, -0.25) is 4.98 Å². The molecule has 4 aromatic rings. The van der Waals surface area contributed by atoms with Crippen molar-refractivity contribution >= 4 is 33.4 Å². The van der Waals surface area contributed by atoms with Crippen LogP contribution in [0.5, 0.6) is 0 Å². The average Bonchev–Trinajstić information content (AvgIpc) is 2.98. The lowest BCUT2D eigenvalue weighted by Gasteiger charge is -2.09. The third kappa shape index (κ3) is 2.21. The summed E-state index contributed by atoms with van der Waals surface area (Å²) in [4.78, 5) is 4.83. The molecule has 108 valence electrons. The molecule has 0 amide bonds. The Balaban J connectivity index is 1.83. The standard InChI is InChI=1S/C16H13N5S/c1-21-16(18-19-20-21)22-10-15-13-8-3-2-6-11(13)12-7-4-5-9-14(12)17-15/h2-9H,10H2,1H3. The van der Waals surface area contributed by atoms with Crippen LogP contribution in [0, 0.1) is 0 Å². The quantitative estimate of drug-likeness (QED) is 0.430. The van der Waals surface area contributed by atoms with Crippen molar-refractivity contribution in [1.82, 2.24) is 25.2 Å². The van der Waals surface area contributed by atoms with Crippen molar-refractivity contribution in [2.24, 2.45) is 7.05 Å². The molecule has 0 N–H and O–H groups in total. The van der Waals surface area contributed by atoms with Gasteiger partial charge in [0.05, 0.1) is 11.2 Å². The monoisotopic (exact) mass is 307 g/mol. The molecule has 2 aromatic carbocycles. The van der Waals surface area contributed by atoms with Gasteiger partial charge in [-0.05, 0) is 21.9 Å². The minimum atomic E-state index is 0.736. The van der Waals surface area contributed by atoms with E-state index < -0.39 is 0 Å². The Labute approximate surface area is 131 Å². The molecule has 0 saturated heterocycles. The van der Waals surface area contributed by atoms with Crippen LogP contribution in [-0.2, 0) is 12.8 Å². The molecule has 0 spiro atoms. The topological polar surface area (TPSA) is 56.5 Å². The molecule has 0 aliphatic rings. The number of hydrogen-bond acceptors (Lipinski definition) is 5. The van der Waals surface area contributed by atoms with E-state index in [1.165, 1.54) is 16.2 Å². The highest BCUT2D eigenvalue weighted by Crippen LogP contribution is 2.29. The Bertz CT molecular complexity index is 963. The van der Waals surface area contributed by atoms with Crippen molar-refractivity contribution in [1.29, 1.82) is 0 Å². The number of fused-ring (bicyclic) bond motifs is 3. The maximum atomic E-state index is 4.83. The summed E-state index contributed by atoms with van der Waals surface area (Å²) in [5.41, 5.74) is 2.08. The molecule has 6 heteroatoms. The third-order valence-electron chi connectivity index (χ3n) is 3.61. The normalized spacial score (nSPS) is 11.3. The van der Waals surface area contributed by atoms with Gasteiger partial charge >= 0.3 is 0 Å². The summed E-state index contributed by atoms with van der Waals surface area (Å²) in [5, 5.41) is 15.9. The van der Waals surface area contributed by atoms with Gasteiger partial charge in [0, 0.05) is 23.6 Å². The van der Waals surface area contributed by atoms with E-state index in [1.807, 2.05) is 13.1 Å². The van der Waals surface area contributed by atoms with Crippen LogP contribution in [0.4, 0.5) is 0 Å². The fraction of sp³-hybridized carbons (Fsp3) is 0.125. The first kappa shape index (κ1) is 13.2. The van der Waals surface area contributed by atoms with Gasteiger partial charge in [0.1, 0.15) is 0 Å². The van der Waals surface area contributed by atoms with Gasteiger partial charge < -0.3 is 0 Å². The van der Waals surface area contributed by atoms with Crippen molar-refractivity contribution in [3.8, 4) is 0 Å². The first-order valence-corrected chi connectivity index (χ1v) is 7.93. The molecule has 0 radical (unpaired) electrons. The van der Waals surface area contributed by atoms with Gasteiger partial charge in [-0.1, -0.05) is 54.2 Å². The van der Waals surface area contributed by atoms with Gasteiger partial charge in [0.25, 0.3) is 0 Å². The molecular weight excluding hydrogens is 294 g/mol. The first-order valence-electron chi connectivity index (χ1n) is 6.94. The van der Waals surface area contributed by atoms with Gasteiger partial charge in [-0.25, -0.2) is 4.68 Å². The van der Waals surface area contributed by atoms with E-state index in [-0.39, 0.29) is 0 Å². The van der Waals surface area contributed by atoms with Crippen LogP contribution in [0.25, 0.3) is 21.7 Å². The minimum absolute atomic E-state index is 0.736. The fourth-order valence-electron chi connectivity index (χ4n) is 2.56. The summed E-state index contributed by atoms with van der Waals surface area (Å²) in [6.07, 6.45) is 0. The molecule has 0 atom stereocenters. The van der Waals surface area contributed by atoms with E-state index in [0.717, 1.165) is 22.1 Å². The van der Waals surface area contributed by atoms with Crippen LogP contribution in [0.1, 0.15) is 5.69 Å². The second-order valence-electron chi connectivity index (χ2n) is 4.99. The summed E-state index contributed by atoms with van der Waals surface area (Å²) < 4.78 is 1.67. The van der Waals surface area contributed by atoms with E-state index in [9.17, 15) is 0 Å². The molecule has 2 heterocycles. The van der Waals surface area contributed by atoms with Crippen molar-refractivity contribution in [2.45, 2.75) is 10.9 Å². The number of nitrogens with zero attached hydrogens (tertiary/aromatic N) is 5. The summed E-state index contributed by atoms with van der Waals surface area (Å²) >= 11 is 1.59. The Kier molecular flexibility index (Phi) is 3.23. The molecule has 0 aliphatic heterocycles. The van der Waals surface area contributed by atoms with Crippen LogP contribution in [0.3, 0.4) is 0 Å². The smallest absolute Gasteiger partial charge is 0.209 e. The number of para-hydroxylation sites is 1. The van der Waals surface area contributed by atoms with Crippen molar-refractivity contribution < 1.29 is 0 Å². The Hall–Kier alpha value is -2.47. The molecule has 2 aromatic heterocycles. The molecule has 0 unspecified atom stereocenters. The van der Waals surface area contributed by atoms with Crippen LogP contribution >= 0.6 is 11.8 Å². The third-order valence-corrected chi connectivity index (χ3v) is 4.63.